The van der Waals surface area contributed by atoms with Gasteiger partial charge in [0.15, 0.2) is 23.1 Å². The van der Waals surface area contributed by atoms with Crippen molar-refractivity contribution >= 4 is 5.97 Å². The van der Waals surface area contributed by atoms with Crippen LogP contribution in [0.3, 0.4) is 0 Å². The molecule has 0 bridgehead atoms. The van der Waals surface area contributed by atoms with Gasteiger partial charge >= 0.3 is 5.97 Å². The van der Waals surface area contributed by atoms with Gasteiger partial charge < -0.3 is 14.9 Å². The molecule has 0 atom stereocenters. The van der Waals surface area contributed by atoms with Gasteiger partial charge in [-0.15, -0.1) is 0 Å². The third-order valence-corrected chi connectivity index (χ3v) is 3.24. The van der Waals surface area contributed by atoms with E-state index in [2.05, 4.69) is 0 Å². The van der Waals surface area contributed by atoms with Crippen molar-refractivity contribution in [3.8, 4) is 11.5 Å². The predicted molar refractivity (Wildman–Crippen MR) is 57.7 cm³/mol. The van der Waals surface area contributed by atoms with Crippen molar-refractivity contribution in [2.75, 3.05) is 7.11 Å². The van der Waals surface area contributed by atoms with Crippen LogP contribution in [0.15, 0.2) is 6.07 Å². The summed E-state index contributed by atoms with van der Waals surface area (Å²) in [6, 6.07) is 0.838. The number of aliphatic carboxylic acids is 1. The summed E-state index contributed by atoms with van der Waals surface area (Å²) in [4.78, 5) is 10.8. The number of hydrogen-bond donors (Lipinski definition) is 2. The third kappa shape index (κ3) is 1.87. The number of aromatic hydroxyl groups is 1. The molecule has 1 aliphatic rings. The van der Waals surface area contributed by atoms with Crippen molar-refractivity contribution in [2.45, 2.75) is 24.7 Å². The van der Waals surface area contributed by atoms with Crippen molar-refractivity contribution < 1.29 is 28.5 Å². The van der Waals surface area contributed by atoms with Crippen LogP contribution in [0.25, 0.3) is 0 Å². The first kappa shape index (κ1) is 12.6. The topological polar surface area (TPSA) is 66.8 Å². The van der Waals surface area contributed by atoms with Gasteiger partial charge in [-0.3, -0.25) is 4.79 Å². The Morgan fingerprint density at radius 1 is 1.44 bits per heavy atom. The van der Waals surface area contributed by atoms with Crippen molar-refractivity contribution in [1.29, 1.82) is 0 Å². The number of halogens is 2. The summed E-state index contributed by atoms with van der Waals surface area (Å²) in [5.74, 6) is -4.20. The van der Waals surface area contributed by atoms with Gasteiger partial charge in [0, 0.05) is 17.0 Å². The van der Waals surface area contributed by atoms with Crippen LogP contribution in [0.4, 0.5) is 8.78 Å². The minimum atomic E-state index is -1.13. The van der Waals surface area contributed by atoms with Crippen molar-refractivity contribution in [1.82, 2.24) is 0 Å². The van der Waals surface area contributed by atoms with E-state index in [-0.39, 0.29) is 17.7 Å². The maximum atomic E-state index is 14.0. The SMILES string of the molecule is COc1cc(O)c(F)c(C2(CC(=O)O)CC2)c1F. The van der Waals surface area contributed by atoms with Crippen LogP contribution in [0.1, 0.15) is 24.8 Å². The van der Waals surface area contributed by atoms with Crippen molar-refractivity contribution in [3.63, 3.8) is 0 Å². The molecule has 2 N–H and O–H groups in total. The Labute approximate surface area is 102 Å². The fourth-order valence-electron chi connectivity index (χ4n) is 2.17. The van der Waals surface area contributed by atoms with E-state index in [1.54, 1.807) is 0 Å². The molecular weight excluding hydrogens is 246 g/mol. The fourth-order valence-corrected chi connectivity index (χ4v) is 2.17. The highest BCUT2D eigenvalue weighted by molar-refractivity contribution is 5.70. The summed E-state index contributed by atoms with van der Waals surface area (Å²) in [5.41, 5.74) is -1.45. The number of rotatable bonds is 4. The molecule has 0 radical (unpaired) electrons. The lowest BCUT2D eigenvalue weighted by Crippen LogP contribution is -2.17. The fraction of sp³-hybridized carbons (Fsp3) is 0.417. The molecule has 0 aromatic heterocycles. The number of methoxy groups -OCH3 is 1. The van der Waals surface area contributed by atoms with Gasteiger partial charge in [-0.1, -0.05) is 0 Å². The van der Waals surface area contributed by atoms with Crippen LogP contribution in [0.5, 0.6) is 11.5 Å². The van der Waals surface area contributed by atoms with Gasteiger partial charge in [-0.2, -0.15) is 0 Å². The summed E-state index contributed by atoms with van der Waals surface area (Å²) in [7, 11) is 1.19. The highest BCUT2D eigenvalue weighted by Gasteiger charge is 2.50. The number of carboxylic acid groups (broad SMARTS) is 1. The number of carbonyl (C=O) groups is 1. The zero-order valence-electron chi connectivity index (χ0n) is 9.67. The number of phenols is 1. The Balaban J connectivity index is 2.56. The molecule has 0 amide bonds. The highest BCUT2D eigenvalue weighted by Crippen LogP contribution is 2.54. The van der Waals surface area contributed by atoms with Crippen molar-refractivity contribution in [3.05, 3.63) is 23.3 Å². The summed E-state index contributed by atoms with van der Waals surface area (Å²) >= 11 is 0. The number of benzene rings is 1. The monoisotopic (exact) mass is 258 g/mol. The van der Waals surface area contributed by atoms with Gasteiger partial charge in [0.1, 0.15) is 0 Å². The molecule has 0 aliphatic heterocycles. The molecule has 4 nitrogen and oxygen atoms in total. The van der Waals surface area contributed by atoms with E-state index in [0.717, 1.165) is 6.07 Å². The lowest BCUT2D eigenvalue weighted by molar-refractivity contribution is -0.137. The Morgan fingerprint density at radius 2 is 2.06 bits per heavy atom. The van der Waals surface area contributed by atoms with Crippen LogP contribution in [0.2, 0.25) is 0 Å². The molecule has 0 unspecified atom stereocenters. The standard InChI is InChI=1S/C12H12F2O4/c1-18-7-4-6(15)10(13)9(11(7)14)12(2-3-12)5-8(16)17/h4,15H,2-3,5H2,1H3,(H,16,17). The Morgan fingerprint density at radius 3 is 2.50 bits per heavy atom. The minimum absolute atomic E-state index is 0.291. The Hall–Kier alpha value is -1.85. The van der Waals surface area contributed by atoms with Gasteiger partial charge in [-0.05, 0) is 12.8 Å². The molecule has 98 valence electrons. The molecule has 1 aromatic rings. The first-order valence-corrected chi connectivity index (χ1v) is 5.38. The molecule has 2 rings (SSSR count). The molecule has 6 heteroatoms. The zero-order valence-corrected chi connectivity index (χ0v) is 9.67. The number of phenolic OH excluding ortho intramolecular Hbond substituents is 1. The Bertz CT molecular complexity index is 509. The van der Waals surface area contributed by atoms with Gasteiger partial charge in [0.25, 0.3) is 0 Å². The average Bonchev–Trinajstić information content (AvgIpc) is 3.03. The molecule has 18 heavy (non-hydrogen) atoms. The highest BCUT2D eigenvalue weighted by atomic mass is 19.1. The number of hydrogen-bond acceptors (Lipinski definition) is 3. The molecule has 1 aromatic carbocycles. The molecular formula is C12H12F2O4. The second kappa shape index (κ2) is 4.12. The van der Waals surface area contributed by atoms with E-state index in [0.29, 0.717) is 12.8 Å². The van der Waals surface area contributed by atoms with E-state index in [1.807, 2.05) is 0 Å². The van der Waals surface area contributed by atoms with Crippen LogP contribution >= 0.6 is 0 Å². The zero-order chi connectivity index (χ0) is 13.5. The van der Waals surface area contributed by atoms with Crippen LogP contribution < -0.4 is 4.74 Å². The Kier molecular flexibility index (Phi) is 2.88. The van der Waals surface area contributed by atoms with E-state index >= 15 is 0 Å². The molecule has 1 fully saturated rings. The maximum Gasteiger partial charge on any atom is 0.304 e. The van der Waals surface area contributed by atoms with E-state index in [9.17, 15) is 18.7 Å². The lowest BCUT2D eigenvalue weighted by atomic mass is 9.91. The van der Waals surface area contributed by atoms with Crippen molar-refractivity contribution in [2.24, 2.45) is 0 Å². The summed E-state index contributed by atoms with van der Waals surface area (Å²) in [6.45, 7) is 0. The van der Waals surface area contributed by atoms with Gasteiger partial charge in [-0.25, -0.2) is 8.78 Å². The first-order chi connectivity index (χ1) is 8.41. The normalized spacial score (nSPS) is 16.4. The quantitative estimate of drug-likeness (QED) is 0.868. The molecule has 0 spiro atoms. The lowest BCUT2D eigenvalue weighted by Gasteiger charge is -2.17. The van der Waals surface area contributed by atoms with Crippen LogP contribution in [0, 0.1) is 11.6 Å². The first-order valence-electron chi connectivity index (χ1n) is 5.38. The average molecular weight is 258 g/mol. The van der Waals surface area contributed by atoms with E-state index in [1.165, 1.54) is 7.11 Å². The van der Waals surface area contributed by atoms with Gasteiger partial charge in [0.2, 0.25) is 0 Å². The van der Waals surface area contributed by atoms with Crippen LogP contribution in [-0.4, -0.2) is 23.3 Å². The van der Waals surface area contributed by atoms with Crippen LogP contribution in [-0.2, 0) is 10.2 Å². The maximum absolute atomic E-state index is 14.0. The van der Waals surface area contributed by atoms with Gasteiger partial charge in [0.05, 0.1) is 13.5 Å². The number of ether oxygens (including phenoxy) is 1. The smallest absolute Gasteiger partial charge is 0.304 e. The van der Waals surface area contributed by atoms with E-state index in [4.69, 9.17) is 9.84 Å². The third-order valence-electron chi connectivity index (χ3n) is 3.24. The summed E-state index contributed by atoms with van der Waals surface area (Å²) < 4.78 is 32.6. The second-order valence-electron chi connectivity index (χ2n) is 4.45. The molecule has 0 saturated heterocycles. The molecule has 0 heterocycles. The predicted octanol–water partition coefficient (Wildman–Crippen LogP) is 2.19. The number of carboxylic acids is 1. The summed E-state index contributed by atoms with van der Waals surface area (Å²) in [6.07, 6.45) is 0.382. The molecule has 1 saturated carbocycles. The second-order valence-corrected chi connectivity index (χ2v) is 4.45. The minimum Gasteiger partial charge on any atom is -0.505 e. The van der Waals surface area contributed by atoms with E-state index < -0.39 is 28.8 Å². The molecule has 1 aliphatic carbocycles. The summed E-state index contributed by atoms with van der Waals surface area (Å²) in [5, 5.41) is 18.2. The largest absolute Gasteiger partial charge is 0.505 e.